The first-order valence-corrected chi connectivity index (χ1v) is 8.53. The van der Waals surface area contributed by atoms with Crippen LogP contribution in [0.3, 0.4) is 0 Å². The number of thioether (sulfide) groups is 1. The highest BCUT2D eigenvalue weighted by Gasteiger charge is 2.06. The maximum atomic E-state index is 6.16. The van der Waals surface area contributed by atoms with Crippen molar-refractivity contribution in [1.29, 1.82) is 0 Å². The minimum absolute atomic E-state index is 0.648. The third-order valence-electron chi connectivity index (χ3n) is 3.04. The largest absolute Gasteiger partial charge is 0.212 e. The van der Waals surface area contributed by atoms with E-state index in [1.54, 1.807) is 17.2 Å². The van der Waals surface area contributed by atoms with Crippen molar-refractivity contribution in [3.05, 3.63) is 76.0 Å². The fourth-order valence-corrected chi connectivity index (χ4v) is 3.19. The number of nitrogens with zero attached hydrogens (tertiary/aromatic N) is 4. The first-order valence-electron chi connectivity index (χ1n) is 6.79. The lowest BCUT2D eigenvalue weighted by Gasteiger charge is -2.03. The van der Waals surface area contributed by atoms with Crippen molar-refractivity contribution in [2.24, 2.45) is 5.10 Å². The molecule has 0 radical (unpaired) electrons. The van der Waals surface area contributed by atoms with E-state index in [1.807, 2.05) is 48.5 Å². The quantitative estimate of drug-likeness (QED) is 0.485. The molecule has 0 amide bonds. The number of rotatable bonds is 5. The van der Waals surface area contributed by atoms with E-state index in [-0.39, 0.29) is 0 Å². The molecule has 0 aliphatic heterocycles. The topological polar surface area (TPSA) is 43.1 Å². The summed E-state index contributed by atoms with van der Waals surface area (Å²) in [5.41, 5.74) is 1.88. The van der Waals surface area contributed by atoms with Crippen LogP contribution >= 0.6 is 35.0 Å². The zero-order valence-corrected chi connectivity index (χ0v) is 14.3. The molecule has 0 aliphatic carbocycles. The fraction of sp³-hybridized carbons (Fsp3) is 0.0625. The summed E-state index contributed by atoms with van der Waals surface area (Å²) < 4.78 is 1.62. The first-order chi connectivity index (χ1) is 11.2. The van der Waals surface area contributed by atoms with E-state index in [2.05, 4.69) is 15.3 Å². The van der Waals surface area contributed by atoms with Gasteiger partial charge in [-0.05, 0) is 17.7 Å². The summed E-state index contributed by atoms with van der Waals surface area (Å²) in [5.74, 6) is 0.694. The predicted molar refractivity (Wildman–Crippen MR) is 95.5 cm³/mol. The zero-order valence-electron chi connectivity index (χ0n) is 11.9. The summed E-state index contributed by atoms with van der Waals surface area (Å²) in [6.45, 7) is 0. The molecule has 1 heterocycles. The van der Waals surface area contributed by atoms with Crippen molar-refractivity contribution in [1.82, 2.24) is 14.9 Å². The molecule has 0 unspecified atom stereocenters. The van der Waals surface area contributed by atoms with Crippen LogP contribution in [0.4, 0.5) is 0 Å². The Kier molecular flexibility index (Phi) is 5.33. The first kappa shape index (κ1) is 16.1. The van der Waals surface area contributed by atoms with Gasteiger partial charge in [-0.1, -0.05) is 71.4 Å². The standard InChI is InChI=1S/C16H12Cl2N4S/c17-14-7-3-1-5-12(14)9-20-22-11-19-21-16(22)23-10-13-6-2-4-8-15(13)18/h1-9,11H,10H2/b20-9-. The Labute approximate surface area is 148 Å². The van der Waals surface area contributed by atoms with Gasteiger partial charge in [-0.2, -0.15) is 9.78 Å². The van der Waals surface area contributed by atoms with E-state index in [9.17, 15) is 0 Å². The summed E-state index contributed by atoms with van der Waals surface area (Å²) in [6.07, 6.45) is 3.24. The van der Waals surface area contributed by atoms with Crippen LogP contribution in [-0.4, -0.2) is 21.1 Å². The molecule has 0 saturated carbocycles. The summed E-state index contributed by atoms with van der Waals surface area (Å²) in [5, 5.41) is 14.4. The third kappa shape index (κ3) is 4.13. The molecule has 3 aromatic rings. The summed E-state index contributed by atoms with van der Waals surface area (Å²) in [6, 6.07) is 15.2. The van der Waals surface area contributed by atoms with Gasteiger partial charge in [0.15, 0.2) is 0 Å². The molecule has 0 fully saturated rings. The molecule has 116 valence electrons. The highest BCUT2D eigenvalue weighted by molar-refractivity contribution is 7.98. The molecule has 0 bridgehead atoms. The van der Waals surface area contributed by atoms with Crippen molar-refractivity contribution >= 4 is 41.2 Å². The van der Waals surface area contributed by atoms with Gasteiger partial charge >= 0.3 is 0 Å². The maximum absolute atomic E-state index is 6.16. The third-order valence-corrected chi connectivity index (χ3v) is 4.74. The molecule has 0 aliphatic rings. The number of hydrogen-bond acceptors (Lipinski definition) is 4. The molecule has 2 aromatic carbocycles. The fourth-order valence-electron chi connectivity index (χ4n) is 1.86. The summed E-state index contributed by atoms with van der Waals surface area (Å²) >= 11 is 13.8. The maximum Gasteiger partial charge on any atom is 0.212 e. The van der Waals surface area contributed by atoms with E-state index >= 15 is 0 Å². The SMILES string of the molecule is Clc1ccccc1/C=N\n1cnnc1SCc1ccccc1Cl. The Balaban J connectivity index is 1.73. The van der Waals surface area contributed by atoms with Crippen LogP contribution in [0.25, 0.3) is 0 Å². The van der Waals surface area contributed by atoms with E-state index in [0.717, 1.165) is 16.1 Å². The van der Waals surface area contributed by atoms with E-state index in [4.69, 9.17) is 23.2 Å². The van der Waals surface area contributed by atoms with Crippen LogP contribution in [0, 0.1) is 0 Å². The Hall–Kier alpha value is -1.82. The second-order valence-electron chi connectivity index (χ2n) is 4.60. The van der Waals surface area contributed by atoms with Crippen LogP contribution in [0.5, 0.6) is 0 Å². The Morgan fingerprint density at radius 2 is 1.78 bits per heavy atom. The monoisotopic (exact) mass is 362 g/mol. The molecular weight excluding hydrogens is 351 g/mol. The molecule has 0 atom stereocenters. The lowest BCUT2D eigenvalue weighted by atomic mass is 10.2. The molecule has 0 N–H and O–H groups in total. The molecule has 0 saturated heterocycles. The van der Waals surface area contributed by atoms with Crippen LogP contribution in [0.2, 0.25) is 10.0 Å². The molecule has 3 rings (SSSR count). The number of aromatic nitrogens is 3. The highest BCUT2D eigenvalue weighted by Crippen LogP contribution is 2.25. The molecule has 0 spiro atoms. The average Bonchev–Trinajstić information content (AvgIpc) is 3.01. The van der Waals surface area contributed by atoms with Crippen LogP contribution in [0.15, 0.2) is 65.1 Å². The van der Waals surface area contributed by atoms with E-state index < -0.39 is 0 Å². The van der Waals surface area contributed by atoms with Gasteiger partial charge in [-0.15, -0.1) is 10.2 Å². The van der Waals surface area contributed by atoms with Crippen molar-refractivity contribution in [2.45, 2.75) is 10.9 Å². The molecular formula is C16H12Cl2N4S. The van der Waals surface area contributed by atoms with Crippen molar-refractivity contribution in [3.63, 3.8) is 0 Å². The van der Waals surface area contributed by atoms with Gasteiger partial charge in [-0.25, -0.2) is 0 Å². The Morgan fingerprint density at radius 3 is 2.57 bits per heavy atom. The average molecular weight is 363 g/mol. The molecule has 4 nitrogen and oxygen atoms in total. The van der Waals surface area contributed by atoms with E-state index in [0.29, 0.717) is 15.9 Å². The smallest absolute Gasteiger partial charge is 0.195 e. The molecule has 23 heavy (non-hydrogen) atoms. The van der Waals surface area contributed by atoms with Gasteiger partial charge in [0.25, 0.3) is 0 Å². The van der Waals surface area contributed by atoms with Gasteiger partial charge < -0.3 is 0 Å². The lowest BCUT2D eigenvalue weighted by molar-refractivity contribution is 0.767. The van der Waals surface area contributed by atoms with Crippen LogP contribution < -0.4 is 0 Å². The lowest BCUT2D eigenvalue weighted by Crippen LogP contribution is -1.93. The number of benzene rings is 2. The van der Waals surface area contributed by atoms with Crippen molar-refractivity contribution in [2.75, 3.05) is 0 Å². The number of halogens is 2. The summed E-state index contributed by atoms with van der Waals surface area (Å²) in [7, 11) is 0. The molecule has 1 aromatic heterocycles. The summed E-state index contributed by atoms with van der Waals surface area (Å²) in [4.78, 5) is 0. The zero-order chi connectivity index (χ0) is 16.1. The van der Waals surface area contributed by atoms with Crippen molar-refractivity contribution in [3.8, 4) is 0 Å². The number of hydrogen-bond donors (Lipinski definition) is 0. The van der Waals surface area contributed by atoms with Gasteiger partial charge in [0.05, 0.1) is 6.21 Å². The highest BCUT2D eigenvalue weighted by atomic mass is 35.5. The normalized spacial score (nSPS) is 11.2. The Bertz CT molecular complexity index is 832. The van der Waals surface area contributed by atoms with Crippen LogP contribution in [0.1, 0.15) is 11.1 Å². The van der Waals surface area contributed by atoms with Crippen molar-refractivity contribution < 1.29 is 0 Å². The van der Waals surface area contributed by atoms with Crippen LogP contribution in [-0.2, 0) is 5.75 Å². The van der Waals surface area contributed by atoms with Gasteiger partial charge in [0.1, 0.15) is 6.33 Å². The predicted octanol–water partition coefficient (Wildman–Crippen LogP) is 4.76. The minimum atomic E-state index is 0.648. The van der Waals surface area contributed by atoms with Gasteiger partial charge in [-0.3, -0.25) is 0 Å². The van der Waals surface area contributed by atoms with E-state index in [1.165, 1.54) is 11.8 Å². The molecule has 7 heteroatoms. The Morgan fingerprint density at radius 1 is 1.04 bits per heavy atom. The van der Waals surface area contributed by atoms with Gasteiger partial charge in [0.2, 0.25) is 5.16 Å². The van der Waals surface area contributed by atoms with Gasteiger partial charge in [0, 0.05) is 21.4 Å². The minimum Gasteiger partial charge on any atom is -0.195 e. The second kappa shape index (κ2) is 7.64. The second-order valence-corrected chi connectivity index (χ2v) is 6.36.